The molecule has 0 bridgehead atoms. The van der Waals surface area contributed by atoms with Crippen LogP contribution < -0.4 is 9.47 Å². The largest absolute Gasteiger partial charge is 0.491 e. The fourth-order valence-corrected chi connectivity index (χ4v) is 3.14. The highest BCUT2D eigenvalue weighted by Crippen LogP contribution is 2.28. The fraction of sp³-hybridized carbons (Fsp3) is 0.478. The maximum atomic E-state index is 9.30. The summed E-state index contributed by atoms with van der Waals surface area (Å²) in [5.74, 6) is 1.70. The van der Waals surface area contributed by atoms with Crippen molar-refractivity contribution < 1.29 is 19.3 Å². The monoisotopic (exact) mass is 370 g/mol. The van der Waals surface area contributed by atoms with Gasteiger partial charge in [0.15, 0.2) is 0 Å². The van der Waals surface area contributed by atoms with Crippen molar-refractivity contribution >= 4 is 0 Å². The van der Waals surface area contributed by atoms with E-state index in [2.05, 4.69) is 38.1 Å². The molecule has 4 heteroatoms. The minimum absolute atomic E-state index is 0.145. The highest BCUT2D eigenvalue weighted by molar-refractivity contribution is 5.30. The van der Waals surface area contributed by atoms with Crippen molar-refractivity contribution in [3.8, 4) is 11.5 Å². The van der Waals surface area contributed by atoms with E-state index in [0.29, 0.717) is 13.2 Å². The van der Waals surface area contributed by atoms with Crippen LogP contribution in [0.1, 0.15) is 31.9 Å². The molecular weight excluding hydrogens is 340 g/mol. The van der Waals surface area contributed by atoms with Gasteiger partial charge >= 0.3 is 0 Å². The Balaban J connectivity index is 1.51. The number of rotatable bonds is 10. The number of epoxide rings is 1. The summed E-state index contributed by atoms with van der Waals surface area (Å²) in [6.45, 7) is 8.08. The summed E-state index contributed by atoms with van der Waals surface area (Å²) in [5, 5.41) is 9.30. The van der Waals surface area contributed by atoms with Gasteiger partial charge in [0.05, 0.1) is 12.7 Å². The molecule has 2 atom stereocenters. The van der Waals surface area contributed by atoms with Gasteiger partial charge in [0.2, 0.25) is 0 Å². The first-order valence-electron chi connectivity index (χ1n) is 9.63. The molecule has 1 saturated heterocycles. The molecule has 146 valence electrons. The second kappa shape index (κ2) is 8.77. The number of hydrogen-bond donors (Lipinski definition) is 1. The van der Waals surface area contributed by atoms with Crippen LogP contribution in [-0.2, 0) is 17.6 Å². The maximum absolute atomic E-state index is 9.30. The molecule has 1 heterocycles. The number of ether oxygens (including phenoxy) is 3. The van der Waals surface area contributed by atoms with Crippen molar-refractivity contribution in [1.82, 2.24) is 0 Å². The number of aliphatic hydroxyl groups is 1. The molecule has 0 saturated carbocycles. The van der Waals surface area contributed by atoms with Crippen molar-refractivity contribution in [2.75, 3.05) is 19.8 Å². The minimum Gasteiger partial charge on any atom is -0.491 e. The summed E-state index contributed by atoms with van der Waals surface area (Å²) in [7, 11) is 0. The van der Waals surface area contributed by atoms with Crippen LogP contribution in [-0.4, -0.2) is 37.1 Å². The third kappa shape index (κ3) is 6.89. The van der Waals surface area contributed by atoms with Gasteiger partial charge in [0.1, 0.15) is 30.8 Å². The molecule has 0 amide bonds. The van der Waals surface area contributed by atoms with Crippen molar-refractivity contribution in [1.29, 1.82) is 0 Å². The van der Waals surface area contributed by atoms with E-state index < -0.39 is 6.10 Å². The van der Waals surface area contributed by atoms with Crippen LogP contribution in [0.25, 0.3) is 0 Å². The third-order valence-electron chi connectivity index (χ3n) is 4.54. The van der Waals surface area contributed by atoms with Crippen LogP contribution in [0.4, 0.5) is 0 Å². The molecule has 0 radical (unpaired) electrons. The zero-order valence-corrected chi connectivity index (χ0v) is 16.5. The normalized spacial score (nSPS) is 17.4. The third-order valence-corrected chi connectivity index (χ3v) is 4.54. The van der Waals surface area contributed by atoms with Crippen molar-refractivity contribution in [3.05, 3.63) is 59.7 Å². The summed E-state index contributed by atoms with van der Waals surface area (Å²) in [6, 6.07) is 16.6. The van der Waals surface area contributed by atoms with Gasteiger partial charge in [-0.25, -0.2) is 0 Å². The van der Waals surface area contributed by atoms with Crippen molar-refractivity contribution in [2.45, 2.75) is 45.8 Å². The average Bonchev–Trinajstić information content (AvgIpc) is 3.44. The molecule has 2 aromatic rings. The predicted octanol–water partition coefficient (Wildman–Crippen LogP) is 4.04. The standard InChI is InChI=1S/C23H30O4/c1-17(24)14-25-20-8-4-18(5-9-20)12-23(2,3)13-19-6-10-21(11-7-19)26-15-22-16-27-22/h4-11,17,22,24H,12-16H2,1-3H3. The Morgan fingerprint density at radius 1 is 0.963 bits per heavy atom. The molecule has 1 fully saturated rings. The van der Waals surface area contributed by atoms with Crippen LogP contribution in [0.2, 0.25) is 0 Å². The Hall–Kier alpha value is -2.04. The molecule has 0 aromatic heterocycles. The van der Waals surface area contributed by atoms with E-state index in [9.17, 15) is 5.11 Å². The Morgan fingerprint density at radius 3 is 1.89 bits per heavy atom. The van der Waals surface area contributed by atoms with Crippen LogP contribution in [0.3, 0.4) is 0 Å². The number of aliphatic hydroxyl groups excluding tert-OH is 1. The fourth-order valence-electron chi connectivity index (χ4n) is 3.14. The lowest BCUT2D eigenvalue weighted by Gasteiger charge is -2.25. The van der Waals surface area contributed by atoms with Gasteiger partial charge in [-0.05, 0) is 60.6 Å². The van der Waals surface area contributed by atoms with Crippen LogP contribution >= 0.6 is 0 Å². The summed E-state index contributed by atoms with van der Waals surface area (Å²) in [5.41, 5.74) is 2.74. The smallest absolute Gasteiger partial charge is 0.119 e. The lowest BCUT2D eigenvalue weighted by atomic mass is 9.80. The quantitative estimate of drug-likeness (QED) is 0.642. The van der Waals surface area contributed by atoms with E-state index in [1.54, 1.807) is 6.92 Å². The first-order valence-corrected chi connectivity index (χ1v) is 9.63. The Morgan fingerprint density at radius 2 is 1.44 bits per heavy atom. The van der Waals surface area contributed by atoms with Gasteiger partial charge in [0.25, 0.3) is 0 Å². The lowest BCUT2D eigenvalue weighted by Crippen LogP contribution is -2.18. The van der Waals surface area contributed by atoms with Crippen LogP contribution in [0, 0.1) is 5.41 Å². The van der Waals surface area contributed by atoms with Crippen molar-refractivity contribution in [2.24, 2.45) is 5.41 Å². The van der Waals surface area contributed by atoms with Gasteiger partial charge in [-0.3, -0.25) is 0 Å². The molecular formula is C23H30O4. The van der Waals surface area contributed by atoms with Gasteiger partial charge < -0.3 is 19.3 Å². The second-order valence-corrected chi connectivity index (χ2v) is 8.23. The maximum Gasteiger partial charge on any atom is 0.119 e. The predicted molar refractivity (Wildman–Crippen MR) is 106 cm³/mol. The zero-order chi connectivity index (χ0) is 19.3. The zero-order valence-electron chi connectivity index (χ0n) is 16.5. The second-order valence-electron chi connectivity index (χ2n) is 8.23. The molecule has 2 unspecified atom stereocenters. The summed E-state index contributed by atoms with van der Waals surface area (Å²) < 4.78 is 16.4. The van der Waals surface area contributed by atoms with E-state index in [1.165, 1.54) is 11.1 Å². The first kappa shape index (κ1) is 19.7. The van der Waals surface area contributed by atoms with E-state index >= 15 is 0 Å². The van der Waals surface area contributed by atoms with E-state index in [-0.39, 0.29) is 11.5 Å². The molecule has 0 spiro atoms. The Kier molecular flexibility index (Phi) is 6.40. The highest BCUT2D eigenvalue weighted by atomic mass is 16.6. The highest BCUT2D eigenvalue weighted by Gasteiger charge is 2.23. The molecule has 27 heavy (non-hydrogen) atoms. The van der Waals surface area contributed by atoms with Crippen LogP contribution in [0.15, 0.2) is 48.5 Å². The van der Waals surface area contributed by atoms with Gasteiger partial charge in [-0.2, -0.15) is 0 Å². The molecule has 3 rings (SSSR count). The first-order chi connectivity index (χ1) is 12.9. The minimum atomic E-state index is -0.456. The van der Waals surface area contributed by atoms with Crippen LogP contribution in [0.5, 0.6) is 11.5 Å². The Bertz CT molecular complexity index is 647. The van der Waals surface area contributed by atoms with Crippen molar-refractivity contribution in [3.63, 3.8) is 0 Å². The molecule has 4 nitrogen and oxygen atoms in total. The van der Waals surface area contributed by atoms with Gasteiger partial charge in [-0.1, -0.05) is 38.1 Å². The van der Waals surface area contributed by atoms with Gasteiger partial charge in [-0.15, -0.1) is 0 Å². The lowest BCUT2D eigenvalue weighted by molar-refractivity contribution is 0.122. The van der Waals surface area contributed by atoms with E-state index in [4.69, 9.17) is 14.2 Å². The molecule has 0 aliphatic carbocycles. The van der Waals surface area contributed by atoms with E-state index in [0.717, 1.165) is 30.9 Å². The molecule has 1 N–H and O–H groups in total. The number of benzene rings is 2. The van der Waals surface area contributed by atoms with E-state index in [1.807, 2.05) is 24.3 Å². The summed E-state index contributed by atoms with van der Waals surface area (Å²) >= 11 is 0. The topological polar surface area (TPSA) is 51.2 Å². The number of hydrogen-bond acceptors (Lipinski definition) is 4. The average molecular weight is 370 g/mol. The summed E-state index contributed by atoms with van der Waals surface area (Å²) in [6.07, 6.45) is 1.81. The Labute approximate surface area is 162 Å². The SMILES string of the molecule is CC(O)COc1ccc(CC(C)(C)Cc2ccc(OCC3CO3)cc2)cc1. The van der Waals surface area contributed by atoms with Gasteiger partial charge in [0, 0.05) is 0 Å². The molecule has 1 aliphatic rings. The summed E-state index contributed by atoms with van der Waals surface area (Å²) in [4.78, 5) is 0. The molecule has 1 aliphatic heterocycles. The molecule has 2 aromatic carbocycles.